The van der Waals surface area contributed by atoms with Crippen LogP contribution in [0.3, 0.4) is 0 Å². The lowest BCUT2D eigenvalue weighted by molar-refractivity contribution is -0.132. The molecular weight excluding hydrogens is 398 g/mol. The summed E-state index contributed by atoms with van der Waals surface area (Å²) in [6.45, 7) is 3.53. The Morgan fingerprint density at radius 1 is 1.24 bits per heavy atom. The van der Waals surface area contributed by atoms with Crippen LogP contribution in [0.25, 0.3) is 5.69 Å². The predicted molar refractivity (Wildman–Crippen MR) is 105 cm³/mol. The van der Waals surface area contributed by atoms with E-state index in [2.05, 4.69) is 15.6 Å². The van der Waals surface area contributed by atoms with E-state index in [9.17, 15) is 18.0 Å². The average molecular weight is 421 g/mol. The number of sulfone groups is 1. The molecule has 3 rings (SSSR count). The third-order valence-electron chi connectivity index (χ3n) is 4.78. The van der Waals surface area contributed by atoms with Gasteiger partial charge in [-0.3, -0.25) is 9.59 Å². The van der Waals surface area contributed by atoms with Crippen molar-refractivity contribution in [1.82, 2.24) is 25.2 Å². The monoisotopic (exact) mass is 421 g/mol. The summed E-state index contributed by atoms with van der Waals surface area (Å²) in [6.07, 6.45) is 0. The third kappa shape index (κ3) is 4.56. The fourth-order valence-corrected chi connectivity index (χ4v) is 4.26. The first-order valence-corrected chi connectivity index (χ1v) is 10.9. The first-order chi connectivity index (χ1) is 13.7. The highest BCUT2D eigenvalue weighted by atomic mass is 32.2. The van der Waals surface area contributed by atoms with Crippen LogP contribution >= 0.6 is 0 Å². The van der Waals surface area contributed by atoms with Crippen LogP contribution in [0, 0.1) is 6.92 Å². The number of hydrogen-bond acceptors (Lipinski definition) is 7. The van der Waals surface area contributed by atoms with Crippen molar-refractivity contribution < 1.29 is 22.7 Å². The van der Waals surface area contributed by atoms with Gasteiger partial charge in [0.25, 0.3) is 5.91 Å². The van der Waals surface area contributed by atoms with Crippen molar-refractivity contribution in [2.24, 2.45) is 0 Å². The second-order valence-electron chi connectivity index (χ2n) is 6.81. The van der Waals surface area contributed by atoms with Crippen LogP contribution in [0.2, 0.25) is 0 Å². The number of nitrogens with zero attached hydrogens (tertiary/aromatic N) is 4. The molecule has 1 aromatic heterocycles. The molecule has 29 heavy (non-hydrogen) atoms. The van der Waals surface area contributed by atoms with E-state index in [-0.39, 0.29) is 36.2 Å². The minimum absolute atomic E-state index is 0.0621. The summed E-state index contributed by atoms with van der Waals surface area (Å²) in [5.41, 5.74) is 1.31. The van der Waals surface area contributed by atoms with Crippen LogP contribution in [0.5, 0.6) is 5.75 Å². The number of amides is 2. The predicted octanol–water partition coefficient (Wildman–Crippen LogP) is -0.0404. The van der Waals surface area contributed by atoms with E-state index < -0.39 is 21.8 Å². The van der Waals surface area contributed by atoms with Crippen molar-refractivity contribution in [3.8, 4) is 11.4 Å². The molecule has 11 heteroatoms. The maximum atomic E-state index is 12.6. The van der Waals surface area contributed by atoms with Gasteiger partial charge in [-0.25, -0.2) is 13.1 Å². The fourth-order valence-electron chi connectivity index (χ4n) is 3.06. The second kappa shape index (κ2) is 8.19. The van der Waals surface area contributed by atoms with Gasteiger partial charge in [0.05, 0.1) is 30.0 Å². The molecule has 1 aromatic carbocycles. The van der Waals surface area contributed by atoms with Crippen molar-refractivity contribution in [2.45, 2.75) is 19.9 Å². The normalized spacial score (nSPS) is 16.9. The van der Waals surface area contributed by atoms with Crippen LogP contribution < -0.4 is 10.1 Å². The van der Waals surface area contributed by atoms with Crippen molar-refractivity contribution in [1.29, 1.82) is 0 Å². The molecule has 1 N–H and O–H groups in total. The number of carbonyl (C=O) groups is 2. The van der Waals surface area contributed by atoms with E-state index in [0.717, 1.165) is 0 Å². The largest absolute Gasteiger partial charge is 0.497 e. The zero-order valence-corrected chi connectivity index (χ0v) is 17.3. The Bertz CT molecular complexity index is 1020. The number of ether oxygens (including phenoxy) is 1. The molecule has 1 aliphatic rings. The Labute approximate surface area is 168 Å². The van der Waals surface area contributed by atoms with E-state index in [4.69, 9.17) is 4.74 Å². The number of nitrogens with one attached hydrogen (secondary N) is 1. The van der Waals surface area contributed by atoms with Crippen LogP contribution in [-0.4, -0.2) is 77.9 Å². The number of methoxy groups -OCH3 is 1. The number of aromatic nitrogens is 3. The molecule has 156 valence electrons. The molecule has 10 nitrogen and oxygen atoms in total. The van der Waals surface area contributed by atoms with E-state index in [1.807, 2.05) is 6.07 Å². The zero-order chi connectivity index (χ0) is 21.2. The molecule has 0 radical (unpaired) electrons. The summed E-state index contributed by atoms with van der Waals surface area (Å²) in [5, 5.41) is 10.6. The second-order valence-corrected chi connectivity index (χ2v) is 9.11. The lowest BCUT2D eigenvalue weighted by Gasteiger charge is -2.29. The molecule has 1 aliphatic heterocycles. The lowest BCUT2D eigenvalue weighted by atomic mass is 10.2. The molecule has 0 bridgehead atoms. The van der Waals surface area contributed by atoms with Gasteiger partial charge >= 0.3 is 0 Å². The molecule has 2 heterocycles. The van der Waals surface area contributed by atoms with Crippen LogP contribution in [0.1, 0.15) is 23.1 Å². The maximum Gasteiger partial charge on any atom is 0.274 e. The van der Waals surface area contributed by atoms with Gasteiger partial charge in [-0.15, -0.1) is 5.10 Å². The van der Waals surface area contributed by atoms with Gasteiger partial charge in [-0.2, -0.15) is 0 Å². The minimum atomic E-state index is -3.09. The zero-order valence-electron chi connectivity index (χ0n) is 16.5. The van der Waals surface area contributed by atoms with Gasteiger partial charge < -0.3 is 15.0 Å². The SMILES string of the molecule is COc1cccc(-n2nnc(C(=O)NC(C)C(=O)N3CCS(=O)(=O)CC3)c2C)c1. The van der Waals surface area contributed by atoms with Crippen molar-refractivity contribution in [3.63, 3.8) is 0 Å². The number of carbonyl (C=O) groups excluding carboxylic acids is 2. The Balaban J connectivity index is 1.69. The fraction of sp³-hybridized carbons (Fsp3) is 0.444. The van der Waals surface area contributed by atoms with Crippen LogP contribution in [0.4, 0.5) is 0 Å². The highest BCUT2D eigenvalue weighted by Gasteiger charge is 2.29. The molecule has 0 aliphatic carbocycles. The Morgan fingerprint density at radius 3 is 2.59 bits per heavy atom. The first kappa shape index (κ1) is 20.8. The Hall–Kier alpha value is -2.95. The third-order valence-corrected chi connectivity index (χ3v) is 6.39. The smallest absolute Gasteiger partial charge is 0.274 e. The average Bonchev–Trinajstić information content (AvgIpc) is 3.09. The Morgan fingerprint density at radius 2 is 1.93 bits per heavy atom. The van der Waals surface area contributed by atoms with Gasteiger partial charge in [0.2, 0.25) is 5.91 Å². The number of rotatable bonds is 5. The summed E-state index contributed by atoms with van der Waals surface area (Å²) in [6, 6.07) is 6.35. The minimum Gasteiger partial charge on any atom is -0.497 e. The van der Waals surface area contributed by atoms with E-state index in [1.165, 1.54) is 9.58 Å². The van der Waals surface area contributed by atoms with Gasteiger partial charge in [0.15, 0.2) is 15.5 Å². The lowest BCUT2D eigenvalue weighted by Crippen LogP contribution is -2.51. The van der Waals surface area contributed by atoms with Crippen LogP contribution in [0.15, 0.2) is 24.3 Å². The molecule has 1 unspecified atom stereocenters. The molecule has 0 spiro atoms. The maximum absolute atomic E-state index is 12.6. The Kier molecular flexibility index (Phi) is 5.87. The molecule has 1 atom stereocenters. The van der Waals surface area contributed by atoms with Gasteiger partial charge in [-0.05, 0) is 26.0 Å². The van der Waals surface area contributed by atoms with E-state index in [1.54, 1.807) is 39.2 Å². The van der Waals surface area contributed by atoms with E-state index in [0.29, 0.717) is 17.1 Å². The summed E-state index contributed by atoms with van der Waals surface area (Å²) in [4.78, 5) is 26.6. The molecule has 0 saturated carbocycles. The highest BCUT2D eigenvalue weighted by molar-refractivity contribution is 7.91. The van der Waals surface area contributed by atoms with Gasteiger partial charge in [0.1, 0.15) is 11.8 Å². The topological polar surface area (TPSA) is 123 Å². The number of benzene rings is 1. The van der Waals surface area contributed by atoms with Gasteiger partial charge in [-0.1, -0.05) is 11.3 Å². The first-order valence-electron chi connectivity index (χ1n) is 9.08. The summed E-state index contributed by atoms with van der Waals surface area (Å²) in [5.74, 6) is -0.333. The van der Waals surface area contributed by atoms with Crippen molar-refractivity contribution in [3.05, 3.63) is 35.7 Å². The summed E-state index contributed by atoms with van der Waals surface area (Å²) in [7, 11) is -1.53. The number of hydrogen-bond donors (Lipinski definition) is 1. The molecular formula is C18H23N5O5S. The molecule has 1 saturated heterocycles. The standard InChI is InChI=1S/C18H23N5O5S/c1-12(18(25)22-7-9-29(26,27)10-8-22)19-17(24)16-13(2)23(21-20-16)14-5-4-6-15(11-14)28-3/h4-6,11-12H,7-10H2,1-3H3,(H,19,24). The van der Waals surface area contributed by atoms with Crippen molar-refractivity contribution >= 4 is 21.7 Å². The van der Waals surface area contributed by atoms with Gasteiger partial charge in [0, 0.05) is 19.2 Å². The van der Waals surface area contributed by atoms with Crippen molar-refractivity contribution in [2.75, 3.05) is 31.7 Å². The summed E-state index contributed by atoms with van der Waals surface area (Å²) < 4.78 is 29.7. The molecule has 2 amide bonds. The highest BCUT2D eigenvalue weighted by Crippen LogP contribution is 2.18. The van der Waals surface area contributed by atoms with Crippen LogP contribution in [-0.2, 0) is 14.6 Å². The van der Waals surface area contributed by atoms with E-state index >= 15 is 0 Å². The molecule has 1 fully saturated rings. The quantitative estimate of drug-likeness (QED) is 0.718. The summed E-state index contributed by atoms with van der Waals surface area (Å²) >= 11 is 0. The molecule has 2 aromatic rings.